The standard InChI is InChI=1S/C32H27N5O3S3/c1-2-41-32-36-31(43-37-32)35-28(38)20-42-25-16-9-15-24(19-25)33-30(40)27(34-29(39)22-11-4-3-5-12-22)18-23-14-8-13-21-10-6-7-17-26(21)23/h3-19H,2,20H2,1H3,(H,33,40)(H,34,39)(H,35,36,37,38)/b27-18+. The monoisotopic (exact) mass is 625 g/mol. The van der Waals surface area contributed by atoms with Crippen molar-refractivity contribution < 1.29 is 14.4 Å². The van der Waals surface area contributed by atoms with Crippen molar-refractivity contribution in [2.45, 2.75) is 17.0 Å². The summed E-state index contributed by atoms with van der Waals surface area (Å²) in [6.45, 7) is 2.01. The lowest BCUT2D eigenvalue weighted by Gasteiger charge is -2.13. The minimum atomic E-state index is -0.478. The number of hydrogen-bond donors (Lipinski definition) is 3. The van der Waals surface area contributed by atoms with Crippen LogP contribution in [0.5, 0.6) is 0 Å². The summed E-state index contributed by atoms with van der Waals surface area (Å²) in [7, 11) is 0. The van der Waals surface area contributed by atoms with E-state index in [2.05, 4.69) is 25.3 Å². The van der Waals surface area contributed by atoms with Gasteiger partial charge in [0.1, 0.15) is 5.70 Å². The molecule has 5 aromatic rings. The van der Waals surface area contributed by atoms with Gasteiger partial charge in [0.2, 0.25) is 16.2 Å². The van der Waals surface area contributed by atoms with Crippen LogP contribution in [0.1, 0.15) is 22.8 Å². The number of anilines is 2. The van der Waals surface area contributed by atoms with Gasteiger partial charge in [0.25, 0.3) is 11.8 Å². The zero-order chi connectivity index (χ0) is 30.0. The summed E-state index contributed by atoms with van der Waals surface area (Å²) in [6, 6.07) is 29.6. The van der Waals surface area contributed by atoms with E-state index in [0.717, 1.165) is 38.5 Å². The second kappa shape index (κ2) is 14.6. The first kappa shape index (κ1) is 30.0. The predicted molar refractivity (Wildman–Crippen MR) is 177 cm³/mol. The molecule has 0 saturated heterocycles. The molecule has 0 unspecified atom stereocenters. The number of carbonyl (C=O) groups excluding carboxylic acids is 3. The van der Waals surface area contributed by atoms with E-state index < -0.39 is 11.8 Å². The SMILES string of the molecule is CCSc1nsc(NC(=O)CSc2cccc(NC(=O)/C(=C\c3cccc4ccccc34)NC(=O)c3ccccc3)c2)n1. The molecular weight excluding hydrogens is 599 g/mol. The Kier molecular flexibility index (Phi) is 10.2. The molecule has 0 aliphatic carbocycles. The summed E-state index contributed by atoms with van der Waals surface area (Å²) in [5, 5.41) is 11.5. The van der Waals surface area contributed by atoms with Gasteiger partial charge in [-0.15, -0.1) is 11.8 Å². The van der Waals surface area contributed by atoms with Gasteiger partial charge < -0.3 is 10.6 Å². The molecule has 0 bridgehead atoms. The molecule has 0 fully saturated rings. The number of amides is 3. The third-order valence-electron chi connectivity index (χ3n) is 6.04. The summed E-state index contributed by atoms with van der Waals surface area (Å²) in [6.07, 6.45) is 1.68. The molecule has 3 amide bonds. The van der Waals surface area contributed by atoms with Crippen molar-refractivity contribution in [3.8, 4) is 0 Å². The van der Waals surface area contributed by atoms with Gasteiger partial charge in [0.15, 0.2) is 0 Å². The van der Waals surface area contributed by atoms with Crippen molar-refractivity contribution in [1.29, 1.82) is 0 Å². The fourth-order valence-electron chi connectivity index (χ4n) is 4.09. The average molecular weight is 626 g/mol. The molecule has 43 heavy (non-hydrogen) atoms. The molecule has 5 rings (SSSR count). The second-order valence-corrected chi connectivity index (χ2v) is 12.1. The molecular formula is C32H27N5O3S3. The van der Waals surface area contributed by atoms with E-state index in [1.54, 1.807) is 48.5 Å². The first-order valence-electron chi connectivity index (χ1n) is 13.3. The van der Waals surface area contributed by atoms with Gasteiger partial charge in [-0.3, -0.25) is 19.7 Å². The molecule has 0 saturated carbocycles. The number of benzene rings is 4. The zero-order valence-electron chi connectivity index (χ0n) is 23.1. The average Bonchev–Trinajstić information content (AvgIpc) is 3.47. The number of carbonyl (C=O) groups is 3. The fraction of sp³-hybridized carbons (Fsp3) is 0.0938. The van der Waals surface area contributed by atoms with Crippen LogP contribution in [0.25, 0.3) is 16.8 Å². The molecule has 8 nitrogen and oxygen atoms in total. The summed E-state index contributed by atoms with van der Waals surface area (Å²) in [4.78, 5) is 44.2. The van der Waals surface area contributed by atoms with Crippen LogP contribution in [-0.4, -0.2) is 38.6 Å². The maximum absolute atomic E-state index is 13.6. The van der Waals surface area contributed by atoms with Gasteiger partial charge in [0.05, 0.1) is 5.75 Å². The van der Waals surface area contributed by atoms with Crippen LogP contribution in [0.2, 0.25) is 0 Å². The second-order valence-electron chi connectivity index (χ2n) is 9.08. The third kappa shape index (κ3) is 8.31. The van der Waals surface area contributed by atoms with E-state index >= 15 is 0 Å². The van der Waals surface area contributed by atoms with Gasteiger partial charge in [-0.25, -0.2) is 0 Å². The fourth-order valence-corrected chi connectivity index (χ4v) is 6.13. The van der Waals surface area contributed by atoms with Crippen molar-refractivity contribution in [1.82, 2.24) is 14.7 Å². The molecule has 0 atom stereocenters. The summed E-state index contributed by atoms with van der Waals surface area (Å²) in [5.41, 5.74) is 1.85. The Morgan fingerprint density at radius 3 is 2.47 bits per heavy atom. The molecule has 0 spiro atoms. The van der Waals surface area contributed by atoms with Crippen LogP contribution in [0, 0.1) is 0 Å². The topological polar surface area (TPSA) is 113 Å². The minimum Gasteiger partial charge on any atom is -0.321 e. The van der Waals surface area contributed by atoms with Crippen molar-refractivity contribution in [3.63, 3.8) is 0 Å². The zero-order valence-corrected chi connectivity index (χ0v) is 25.5. The summed E-state index contributed by atoms with van der Waals surface area (Å²) >= 11 is 3.99. The molecule has 0 radical (unpaired) electrons. The van der Waals surface area contributed by atoms with Crippen molar-refractivity contribution >= 4 is 80.4 Å². The van der Waals surface area contributed by atoms with Crippen molar-refractivity contribution in [3.05, 3.63) is 114 Å². The summed E-state index contributed by atoms with van der Waals surface area (Å²) in [5.74, 6) is -0.0608. The van der Waals surface area contributed by atoms with Crippen LogP contribution in [-0.2, 0) is 9.59 Å². The normalized spacial score (nSPS) is 11.2. The number of fused-ring (bicyclic) bond motifs is 1. The lowest BCUT2D eigenvalue weighted by molar-refractivity contribution is -0.114. The highest BCUT2D eigenvalue weighted by Gasteiger charge is 2.16. The Labute approximate surface area is 261 Å². The quantitative estimate of drug-likeness (QED) is 0.108. The molecule has 1 aromatic heterocycles. The van der Waals surface area contributed by atoms with E-state index in [-0.39, 0.29) is 17.4 Å². The van der Waals surface area contributed by atoms with Crippen molar-refractivity contribution in [2.24, 2.45) is 0 Å². The highest BCUT2D eigenvalue weighted by atomic mass is 32.2. The Morgan fingerprint density at radius 1 is 0.860 bits per heavy atom. The van der Waals surface area contributed by atoms with E-state index in [0.29, 0.717) is 21.5 Å². The Morgan fingerprint density at radius 2 is 1.63 bits per heavy atom. The molecule has 11 heteroatoms. The molecule has 0 aliphatic rings. The van der Waals surface area contributed by atoms with Crippen molar-refractivity contribution in [2.75, 3.05) is 22.1 Å². The van der Waals surface area contributed by atoms with Crippen LogP contribution >= 0.6 is 35.1 Å². The smallest absolute Gasteiger partial charge is 0.272 e. The maximum Gasteiger partial charge on any atom is 0.272 e. The predicted octanol–water partition coefficient (Wildman–Crippen LogP) is 6.94. The van der Waals surface area contributed by atoms with E-state index in [4.69, 9.17) is 0 Å². The van der Waals surface area contributed by atoms with Gasteiger partial charge in [0, 0.05) is 27.7 Å². The highest BCUT2D eigenvalue weighted by molar-refractivity contribution is 8.00. The molecule has 1 heterocycles. The van der Waals surface area contributed by atoms with Crippen LogP contribution in [0.15, 0.2) is 113 Å². The number of nitrogens with one attached hydrogen (secondary N) is 3. The van der Waals surface area contributed by atoms with Gasteiger partial charge in [-0.2, -0.15) is 9.36 Å². The van der Waals surface area contributed by atoms with Crippen LogP contribution in [0.4, 0.5) is 10.8 Å². The third-order valence-corrected chi connectivity index (χ3v) is 8.51. The number of aromatic nitrogens is 2. The molecule has 3 N–H and O–H groups in total. The lowest BCUT2D eigenvalue weighted by Crippen LogP contribution is -2.30. The van der Waals surface area contributed by atoms with E-state index in [1.165, 1.54) is 23.5 Å². The number of rotatable bonds is 11. The first-order valence-corrected chi connectivity index (χ1v) is 16.1. The molecule has 4 aromatic carbocycles. The number of nitrogens with zero attached hydrogens (tertiary/aromatic N) is 2. The van der Waals surface area contributed by atoms with E-state index in [1.807, 2.05) is 61.5 Å². The minimum absolute atomic E-state index is 0.0975. The largest absolute Gasteiger partial charge is 0.321 e. The Hall–Kier alpha value is -4.45. The lowest BCUT2D eigenvalue weighted by atomic mass is 10.0. The highest BCUT2D eigenvalue weighted by Crippen LogP contribution is 2.25. The number of hydrogen-bond acceptors (Lipinski definition) is 8. The van der Waals surface area contributed by atoms with Gasteiger partial charge in [-0.05, 0) is 58.5 Å². The Bertz CT molecular complexity index is 1780. The van der Waals surface area contributed by atoms with Gasteiger partial charge >= 0.3 is 0 Å². The molecule has 0 aliphatic heterocycles. The van der Waals surface area contributed by atoms with Crippen LogP contribution in [0.3, 0.4) is 0 Å². The summed E-state index contributed by atoms with van der Waals surface area (Å²) < 4.78 is 4.21. The van der Waals surface area contributed by atoms with Gasteiger partial charge in [-0.1, -0.05) is 85.4 Å². The Balaban J connectivity index is 1.31. The number of thioether (sulfide) groups is 2. The maximum atomic E-state index is 13.6. The van der Waals surface area contributed by atoms with E-state index in [9.17, 15) is 14.4 Å². The van der Waals surface area contributed by atoms with Crippen LogP contribution < -0.4 is 16.0 Å². The first-order chi connectivity index (χ1) is 21.0. The molecule has 216 valence electrons.